The van der Waals surface area contributed by atoms with Crippen LogP contribution in [0, 0.1) is 5.92 Å². The maximum Gasteiger partial charge on any atom is 0.293 e. The first-order valence-corrected chi connectivity index (χ1v) is 6.25. The van der Waals surface area contributed by atoms with Gasteiger partial charge in [-0.15, -0.1) is 0 Å². The molecule has 17 heavy (non-hydrogen) atoms. The van der Waals surface area contributed by atoms with Crippen molar-refractivity contribution in [2.75, 3.05) is 11.9 Å². The van der Waals surface area contributed by atoms with E-state index in [0.29, 0.717) is 17.8 Å². The van der Waals surface area contributed by atoms with Crippen LogP contribution in [-0.2, 0) is 6.54 Å². The second kappa shape index (κ2) is 5.31. The maximum absolute atomic E-state index is 12.0. The van der Waals surface area contributed by atoms with E-state index in [1.807, 2.05) is 0 Å². The number of aromatic nitrogens is 2. The second-order valence-corrected chi connectivity index (χ2v) is 4.75. The molecule has 0 radical (unpaired) electrons. The first-order chi connectivity index (χ1) is 8.20. The molecule has 0 bridgehead atoms. The summed E-state index contributed by atoms with van der Waals surface area (Å²) in [5, 5.41) is 3.13. The van der Waals surface area contributed by atoms with Crippen LogP contribution in [-0.4, -0.2) is 22.1 Å². The van der Waals surface area contributed by atoms with Crippen LogP contribution in [0.3, 0.4) is 0 Å². The van der Waals surface area contributed by atoms with Gasteiger partial charge in [0, 0.05) is 31.5 Å². The lowest BCUT2D eigenvalue weighted by molar-refractivity contribution is 0.280. The van der Waals surface area contributed by atoms with Crippen LogP contribution in [0.15, 0.2) is 17.2 Å². The lowest BCUT2D eigenvalue weighted by atomic mass is 9.81. The van der Waals surface area contributed by atoms with Crippen LogP contribution in [0.2, 0.25) is 0 Å². The Kier molecular flexibility index (Phi) is 3.78. The fraction of sp³-hybridized carbons (Fsp3) is 0.667. The van der Waals surface area contributed by atoms with Crippen LogP contribution in [0.5, 0.6) is 0 Å². The quantitative estimate of drug-likeness (QED) is 0.793. The molecular formula is C12H20N4O. The van der Waals surface area contributed by atoms with Crippen LogP contribution in [0.1, 0.15) is 26.2 Å². The van der Waals surface area contributed by atoms with Crippen molar-refractivity contribution in [1.29, 1.82) is 0 Å². The smallest absolute Gasteiger partial charge is 0.293 e. The predicted molar refractivity (Wildman–Crippen MR) is 68.0 cm³/mol. The highest BCUT2D eigenvalue weighted by atomic mass is 16.1. The van der Waals surface area contributed by atoms with Crippen LogP contribution >= 0.6 is 0 Å². The number of nitrogens with one attached hydrogen (secondary N) is 1. The molecule has 1 fully saturated rings. The number of hydrogen-bond donors (Lipinski definition) is 2. The molecular weight excluding hydrogens is 216 g/mol. The number of hydrogen-bond acceptors (Lipinski definition) is 4. The molecule has 0 saturated heterocycles. The second-order valence-electron chi connectivity index (χ2n) is 4.75. The van der Waals surface area contributed by atoms with Gasteiger partial charge in [-0.05, 0) is 25.2 Å². The summed E-state index contributed by atoms with van der Waals surface area (Å²) in [5.41, 5.74) is 5.69. The van der Waals surface area contributed by atoms with Crippen LogP contribution in [0.25, 0.3) is 0 Å². The third kappa shape index (κ3) is 2.85. The highest BCUT2D eigenvalue weighted by Crippen LogP contribution is 2.25. The zero-order valence-electron chi connectivity index (χ0n) is 10.2. The highest BCUT2D eigenvalue weighted by Gasteiger charge is 2.25. The van der Waals surface area contributed by atoms with Gasteiger partial charge in [-0.3, -0.25) is 4.79 Å². The molecule has 1 aliphatic rings. The van der Waals surface area contributed by atoms with Gasteiger partial charge in [0.15, 0.2) is 5.82 Å². The number of anilines is 1. The zero-order chi connectivity index (χ0) is 12.3. The fourth-order valence-corrected chi connectivity index (χ4v) is 2.18. The molecule has 5 nitrogen and oxygen atoms in total. The number of aryl methyl sites for hydroxylation is 1. The van der Waals surface area contributed by atoms with Gasteiger partial charge >= 0.3 is 0 Å². The van der Waals surface area contributed by atoms with Crippen molar-refractivity contribution in [2.24, 2.45) is 11.7 Å². The van der Waals surface area contributed by atoms with Crippen molar-refractivity contribution >= 4 is 5.82 Å². The van der Waals surface area contributed by atoms with E-state index in [2.05, 4.69) is 17.2 Å². The molecule has 1 aliphatic carbocycles. The monoisotopic (exact) mass is 236 g/mol. The topological polar surface area (TPSA) is 72.9 Å². The Balaban J connectivity index is 1.96. The molecule has 2 rings (SSSR count). The average Bonchev–Trinajstić information content (AvgIpc) is 2.27. The minimum atomic E-state index is -0.0297. The van der Waals surface area contributed by atoms with E-state index in [-0.39, 0.29) is 5.56 Å². The molecule has 1 heterocycles. The Labute approximate surface area is 101 Å². The van der Waals surface area contributed by atoms with E-state index >= 15 is 0 Å². The van der Waals surface area contributed by atoms with Crippen LogP contribution < -0.4 is 16.6 Å². The molecule has 0 spiro atoms. The fourth-order valence-electron chi connectivity index (χ4n) is 2.18. The standard InChI is InChI=1S/C12H20N4O/c1-2-4-16-5-3-14-11(12(16)17)15-8-9-6-10(13)7-9/h3,5,9-10H,2,4,6-8,13H2,1H3,(H,14,15). The van der Waals surface area contributed by atoms with Gasteiger partial charge in [0.1, 0.15) is 0 Å². The summed E-state index contributed by atoms with van der Waals surface area (Å²) < 4.78 is 1.70. The molecule has 5 heteroatoms. The first-order valence-electron chi connectivity index (χ1n) is 6.25. The Morgan fingerprint density at radius 3 is 3.00 bits per heavy atom. The third-order valence-electron chi connectivity index (χ3n) is 3.21. The summed E-state index contributed by atoms with van der Waals surface area (Å²) in [4.78, 5) is 16.1. The Morgan fingerprint density at radius 1 is 1.59 bits per heavy atom. The molecule has 3 N–H and O–H groups in total. The lowest BCUT2D eigenvalue weighted by Gasteiger charge is -2.32. The van der Waals surface area contributed by atoms with Crippen molar-refractivity contribution < 1.29 is 0 Å². The van der Waals surface area contributed by atoms with Gasteiger partial charge in [-0.1, -0.05) is 6.92 Å². The van der Waals surface area contributed by atoms with E-state index < -0.39 is 0 Å². The van der Waals surface area contributed by atoms with E-state index in [0.717, 1.165) is 32.4 Å². The summed E-state index contributed by atoms with van der Waals surface area (Å²) in [5.74, 6) is 1.05. The predicted octanol–water partition coefficient (Wildman–Crippen LogP) is 0.802. The van der Waals surface area contributed by atoms with E-state index in [9.17, 15) is 4.79 Å². The summed E-state index contributed by atoms with van der Waals surface area (Å²) in [7, 11) is 0. The minimum absolute atomic E-state index is 0.0297. The van der Waals surface area contributed by atoms with Crippen molar-refractivity contribution in [1.82, 2.24) is 9.55 Å². The molecule has 0 aliphatic heterocycles. The highest BCUT2D eigenvalue weighted by molar-refractivity contribution is 5.30. The Bertz CT molecular complexity index is 423. The molecule has 0 unspecified atom stereocenters. The van der Waals surface area contributed by atoms with Crippen molar-refractivity contribution in [3.63, 3.8) is 0 Å². The number of nitrogens with zero attached hydrogens (tertiary/aromatic N) is 2. The molecule has 1 aromatic rings. The Morgan fingerprint density at radius 2 is 2.35 bits per heavy atom. The minimum Gasteiger partial charge on any atom is -0.365 e. The van der Waals surface area contributed by atoms with Crippen molar-refractivity contribution in [2.45, 2.75) is 38.8 Å². The zero-order valence-corrected chi connectivity index (χ0v) is 10.2. The van der Waals surface area contributed by atoms with Gasteiger partial charge in [0.2, 0.25) is 0 Å². The van der Waals surface area contributed by atoms with Gasteiger partial charge in [0.25, 0.3) is 5.56 Å². The van der Waals surface area contributed by atoms with E-state index in [4.69, 9.17) is 5.73 Å². The third-order valence-corrected chi connectivity index (χ3v) is 3.21. The molecule has 0 amide bonds. The summed E-state index contributed by atoms with van der Waals surface area (Å²) >= 11 is 0. The normalized spacial score (nSPS) is 23.2. The van der Waals surface area contributed by atoms with Gasteiger partial charge < -0.3 is 15.6 Å². The molecule has 1 aromatic heterocycles. The summed E-state index contributed by atoms with van der Waals surface area (Å²) in [6.07, 6.45) is 6.44. The maximum atomic E-state index is 12.0. The number of rotatable bonds is 5. The average molecular weight is 236 g/mol. The largest absolute Gasteiger partial charge is 0.365 e. The Hall–Kier alpha value is -1.36. The molecule has 0 atom stereocenters. The summed E-state index contributed by atoms with van der Waals surface area (Å²) in [6, 6.07) is 0.349. The van der Waals surface area contributed by atoms with Gasteiger partial charge in [0.05, 0.1) is 0 Å². The van der Waals surface area contributed by atoms with Gasteiger partial charge in [-0.2, -0.15) is 0 Å². The number of nitrogens with two attached hydrogens (primary N) is 1. The van der Waals surface area contributed by atoms with Crippen molar-refractivity contribution in [3.8, 4) is 0 Å². The molecule has 1 saturated carbocycles. The molecule has 94 valence electrons. The van der Waals surface area contributed by atoms with E-state index in [1.54, 1.807) is 17.0 Å². The van der Waals surface area contributed by atoms with E-state index in [1.165, 1.54) is 0 Å². The lowest BCUT2D eigenvalue weighted by Crippen LogP contribution is -2.40. The SMILES string of the molecule is CCCn1ccnc(NCC2CC(N)C2)c1=O. The molecule has 0 aromatic carbocycles. The first kappa shape index (κ1) is 12.1. The van der Waals surface area contributed by atoms with Gasteiger partial charge in [-0.25, -0.2) is 4.98 Å². The van der Waals surface area contributed by atoms with Crippen LogP contribution in [0.4, 0.5) is 5.82 Å². The van der Waals surface area contributed by atoms with Crippen molar-refractivity contribution in [3.05, 3.63) is 22.7 Å². The summed E-state index contributed by atoms with van der Waals surface area (Å²) in [6.45, 7) is 3.59.